The van der Waals surface area contributed by atoms with Crippen molar-refractivity contribution in [1.29, 1.82) is 5.26 Å². The highest BCUT2D eigenvalue weighted by atomic mass is 127. The van der Waals surface area contributed by atoms with Gasteiger partial charge in [0.25, 0.3) is 0 Å². The van der Waals surface area contributed by atoms with E-state index in [0.717, 1.165) is 9.13 Å². The van der Waals surface area contributed by atoms with Crippen LogP contribution in [0, 0.1) is 21.8 Å². The van der Waals surface area contributed by atoms with Crippen molar-refractivity contribution < 1.29 is 9.53 Å². The van der Waals surface area contributed by atoms with Crippen LogP contribution in [-0.2, 0) is 0 Å². The Balaban J connectivity index is 2.51. The Morgan fingerprint density at radius 3 is 2.62 bits per heavy atom. The molecule has 3 nitrogen and oxygen atoms in total. The largest absolute Gasteiger partial charge is 0.496 e. The molecule has 2 aromatic rings. The molecule has 0 aliphatic rings. The number of hydrogen-bond donors (Lipinski definition) is 0. The van der Waals surface area contributed by atoms with Crippen LogP contribution in [0.5, 0.6) is 5.75 Å². The summed E-state index contributed by atoms with van der Waals surface area (Å²) in [6, 6.07) is 14.9. The summed E-state index contributed by atoms with van der Waals surface area (Å²) in [5, 5.41) is 9.48. The van der Waals surface area contributed by atoms with Crippen molar-refractivity contribution in [2.75, 3.05) is 7.11 Å². The van der Waals surface area contributed by atoms with E-state index in [1.165, 1.54) is 0 Å². The third-order valence-corrected chi connectivity index (χ3v) is 4.17. The number of ketones is 1. The van der Waals surface area contributed by atoms with Crippen molar-refractivity contribution >= 4 is 28.4 Å². The van der Waals surface area contributed by atoms with Crippen LogP contribution >= 0.6 is 22.6 Å². The van der Waals surface area contributed by atoms with E-state index in [2.05, 4.69) is 28.7 Å². The zero-order valence-electron chi connectivity index (χ0n) is 11.8. The third-order valence-electron chi connectivity index (χ3n) is 3.23. The molecule has 0 N–H and O–H groups in total. The third kappa shape index (κ3) is 3.24. The lowest BCUT2D eigenvalue weighted by Crippen LogP contribution is -2.14. The molecule has 1 unspecified atom stereocenters. The summed E-state index contributed by atoms with van der Waals surface area (Å²) < 4.78 is 6.13. The molecule has 0 heterocycles. The number of aryl methyl sites for hydroxylation is 1. The van der Waals surface area contributed by atoms with Crippen LogP contribution in [0.1, 0.15) is 27.4 Å². The normalized spacial score (nSPS) is 11.5. The Morgan fingerprint density at radius 1 is 1.29 bits per heavy atom. The molecular weight excluding hydrogens is 377 g/mol. The van der Waals surface area contributed by atoms with E-state index in [1.54, 1.807) is 25.3 Å². The minimum atomic E-state index is -0.865. The Labute approximate surface area is 137 Å². The van der Waals surface area contributed by atoms with Gasteiger partial charge < -0.3 is 4.74 Å². The maximum Gasteiger partial charge on any atom is 0.185 e. The number of carbonyl (C=O) groups excluding carboxylic acids is 1. The Kier molecular flexibility index (Phi) is 4.97. The average molecular weight is 391 g/mol. The number of methoxy groups -OCH3 is 1. The first-order valence-electron chi connectivity index (χ1n) is 6.41. The van der Waals surface area contributed by atoms with E-state index in [9.17, 15) is 10.1 Å². The van der Waals surface area contributed by atoms with E-state index in [-0.39, 0.29) is 5.78 Å². The molecule has 0 aliphatic carbocycles. The summed E-state index contributed by atoms with van der Waals surface area (Å²) in [5.74, 6) is -0.506. The van der Waals surface area contributed by atoms with Gasteiger partial charge in [-0.05, 0) is 41.6 Å². The summed E-state index contributed by atoms with van der Waals surface area (Å²) in [4.78, 5) is 12.7. The predicted molar refractivity (Wildman–Crippen MR) is 89.6 cm³/mol. The van der Waals surface area contributed by atoms with E-state index in [4.69, 9.17) is 4.74 Å². The lowest BCUT2D eigenvalue weighted by molar-refractivity contribution is 0.0977. The number of benzene rings is 2. The Morgan fingerprint density at radius 2 is 2.00 bits per heavy atom. The van der Waals surface area contributed by atoms with Gasteiger partial charge in [0.05, 0.1) is 13.2 Å². The topological polar surface area (TPSA) is 50.1 Å². The molecule has 0 amide bonds. The van der Waals surface area contributed by atoms with Gasteiger partial charge in [-0.2, -0.15) is 5.26 Å². The van der Waals surface area contributed by atoms with Crippen molar-refractivity contribution in [3.05, 3.63) is 62.7 Å². The highest BCUT2D eigenvalue weighted by Crippen LogP contribution is 2.31. The quantitative estimate of drug-likeness (QED) is 0.583. The van der Waals surface area contributed by atoms with Crippen LogP contribution < -0.4 is 4.74 Å². The number of nitriles is 1. The molecule has 106 valence electrons. The highest BCUT2D eigenvalue weighted by Gasteiger charge is 2.26. The molecule has 0 bridgehead atoms. The second-order valence-corrected chi connectivity index (χ2v) is 5.81. The fourth-order valence-electron chi connectivity index (χ4n) is 2.17. The molecule has 2 rings (SSSR count). The van der Waals surface area contributed by atoms with Crippen LogP contribution in [0.3, 0.4) is 0 Å². The van der Waals surface area contributed by atoms with E-state index in [0.29, 0.717) is 16.9 Å². The first-order valence-corrected chi connectivity index (χ1v) is 7.49. The zero-order valence-corrected chi connectivity index (χ0v) is 13.9. The minimum Gasteiger partial charge on any atom is -0.496 e. The second-order valence-electron chi connectivity index (χ2n) is 4.65. The molecule has 0 spiro atoms. The number of nitrogens with zero attached hydrogens (tertiary/aromatic N) is 1. The highest BCUT2D eigenvalue weighted by molar-refractivity contribution is 14.1. The molecule has 0 radical (unpaired) electrons. The van der Waals surface area contributed by atoms with Gasteiger partial charge in [0, 0.05) is 14.7 Å². The van der Waals surface area contributed by atoms with Gasteiger partial charge in [0.2, 0.25) is 0 Å². The maximum atomic E-state index is 12.7. The van der Waals surface area contributed by atoms with Gasteiger partial charge >= 0.3 is 0 Å². The lowest BCUT2D eigenvalue weighted by atomic mass is 9.90. The molecule has 2 aromatic carbocycles. The first-order chi connectivity index (χ1) is 10.1. The molecule has 0 aliphatic heterocycles. The standard InChI is InChI=1S/C17H14INO2/c1-11-7-8-16(21-2)13(9-11)14(10-19)17(20)12-5-3-4-6-15(12)18/h3-9,14H,1-2H3. The van der Waals surface area contributed by atoms with E-state index >= 15 is 0 Å². The van der Waals surface area contributed by atoms with Crippen molar-refractivity contribution in [3.63, 3.8) is 0 Å². The molecule has 1 atom stereocenters. The summed E-state index contributed by atoms with van der Waals surface area (Å²) in [7, 11) is 1.54. The van der Waals surface area contributed by atoms with Gasteiger partial charge in [-0.3, -0.25) is 4.79 Å². The molecule has 21 heavy (non-hydrogen) atoms. The molecule has 0 saturated carbocycles. The number of carbonyl (C=O) groups is 1. The predicted octanol–water partition coefficient (Wildman–Crippen LogP) is 4.10. The molecule has 4 heteroatoms. The molecule has 0 saturated heterocycles. The van der Waals surface area contributed by atoms with Crippen LogP contribution in [0.15, 0.2) is 42.5 Å². The molecule has 0 aromatic heterocycles. The number of ether oxygens (including phenoxy) is 1. The first kappa shape index (κ1) is 15.5. The van der Waals surface area contributed by atoms with Crippen LogP contribution in [0.2, 0.25) is 0 Å². The maximum absolute atomic E-state index is 12.7. The van der Waals surface area contributed by atoms with Crippen LogP contribution in [0.25, 0.3) is 0 Å². The van der Waals surface area contributed by atoms with Crippen LogP contribution in [0.4, 0.5) is 0 Å². The van der Waals surface area contributed by atoms with Crippen LogP contribution in [-0.4, -0.2) is 12.9 Å². The zero-order chi connectivity index (χ0) is 15.4. The van der Waals surface area contributed by atoms with Gasteiger partial charge in [-0.15, -0.1) is 0 Å². The van der Waals surface area contributed by atoms with Gasteiger partial charge in [0.1, 0.15) is 11.7 Å². The monoisotopic (exact) mass is 391 g/mol. The van der Waals surface area contributed by atoms with Gasteiger partial charge in [-0.1, -0.05) is 35.9 Å². The lowest BCUT2D eigenvalue weighted by Gasteiger charge is -2.14. The summed E-state index contributed by atoms with van der Waals surface area (Å²) in [6.45, 7) is 1.92. The number of halogens is 1. The van der Waals surface area contributed by atoms with Crippen molar-refractivity contribution in [1.82, 2.24) is 0 Å². The summed E-state index contributed by atoms with van der Waals surface area (Å²) >= 11 is 2.11. The second kappa shape index (κ2) is 6.72. The Hall–Kier alpha value is -1.87. The van der Waals surface area contributed by atoms with Gasteiger partial charge in [0.15, 0.2) is 5.78 Å². The Bertz CT molecular complexity index is 719. The molecule has 0 fully saturated rings. The minimum absolute atomic E-state index is 0.202. The van der Waals surface area contributed by atoms with E-state index in [1.807, 2.05) is 31.2 Å². The number of Topliss-reactive ketones (excluding diaryl/α,β-unsaturated/α-hetero) is 1. The van der Waals surface area contributed by atoms with Crippen molar-refractivity contribution in [2.45, 2.75) is 12.8 Å². The fraction of sp³-hybridized carbons (Fsp3) is 0.176. The SMILES string of the molecule is COc1ccc(C)cc1C(C#N)C(=O)c1ccccc1I. The fourth-order valence-corrected chi connectivity index (χ4v) is 2.82. The van der Waals surface area contributed by atoms with Crippen molar-refractivity contribution in [3.8, 4) is 11.8 Å². The summed E-state index contributed by atoms with van der Waals surface area (Å²) in [6.07, 6.45) is 0. The summed E-state index contributed by atoms with van der Waals surface area (Å²) in [5.41, 5.74) is 2.17. The number of hydrogen-bond acceptors (Lipinski definition) is 3. The van der Waals surface area contributed by atoms with Gasteiger partial charge in [-0.25, -0.2) is 0 Å². The average Bonchev–Trinajstić information content (AvgIpc) is 2.48. The smallest absolute Gasteiger partial charge is 0.185 e. The number of rotatable bonds is 4. The molecular formula is C17H14INO2. The van der Waals surface area contributed by atoms with E-state index < -0.39 is 5.92 Å². The van der Waals surface area contributed by atoms with Crippen molar-refractivity contribution in [2.24, 2.45) is 0 Å².